The summed E-state index contributed by atoms with van der Waals surface area (Å²) in [6.07, 6.45) is -2.38. The summed E-state index contributed by atoms with van der Waals surface area (Å²) in [6.45, 7) is 50.6. The molecule has 0 nitrogen and oxygen atoms in total. The fourth-order valence-corrected chi connectivity index (χ4v) is 319. The highest BCUT2D eigenvalue weighted by molar-refractivity contribution is 8.58. The maximum absolute atomic E-state index is 2.81. The molecule has 0 saturated heterocycles. The smallest absolute Gasteiger partial charge is 0.0637 e. The van der Waals surface area contributed by atoms with Crippen molar-refractivity contribution in [3.05, 3.63) is 0 Å². The molecule has 0 aromatic heterocycles. The van der Waals surface area contributed by atoms with Crippen molar-refractivity contribution in [3.63, 3.8) is 0 Å². The lowest BCUT2D eigenvalue weighted by Gasteiger charge is -2.62. The molecule has 0 fully saturated rings. The summed E-state index contributed by atoms with van der Waals surface area (Å²) >= 11 is 0. The Labute approximate surface area is 190 Å². The highest BCUT2D eigenvalue weighted by Crippen LogP contribution is 2.64. The number of rotatable bonds is 9. The van der Waals surface area contributed by atoms with Crippen LogP contribution in [0.25, 0.3) is 0 Å². The van der Waals surface area contributed by atoms with Gasteiger partial charge in [-0.3, -0.25) is 0 Å². The van der Waals surface area contributed by atoms with E-state index in [-0.39, 0.29) is 0 Å². The third-order valence-electron chi connectivity index (χ3n) is 7.19. The van der Waals surface area contributed by atoms with Gasteiger partial charge < -0.3 is 0 Å². The van der Waals surface area contributed by atoms with Crippen molar-refractivity contribution in [1.82, 2.24) is 0 Å². The van der Waals surface area contributed by atoms with Crippen molar-refractivity contribution in [2.45, 2.75) is 118 Å². The van der Waals surface area contributed by atoms with E-state index in [9.17, 15) is 0 Å². The first kappa shape index (κ1) is 30.6. The maximum Gasteiger partial charge on any atom is 0.0637 e. The molecule has 0 aromatic rings. The Hall–Kier alpha value is 2.60. The van der Waals surface area contributed by atoms with E-state index in [0.29, 0.717) is 0 Å². The van der Waals surface area contributed by atoms with Crippen LogP contribution in [0.2, 0.25) is 118 Å². The van der Waals surface area contributed by atoms with Crippen LogP contribution >= 0.6 is 15.6 Å². The molecule has 0 rings (SSSR count). The summed E-state index contributed by atoms with van der Waals surface area (Å²) in [7, 11) is -3.93. The molecule has 0 radical (unpaired) electrons. The van der Waals surface area contributed by atoms with Crippen LogP contribution in [0.5, 0.6) is 0 Å². The van der Waals surface area contributed by atoms with Gasteiger partial charge in [-0.05, 0) is 0 Å². The molecule has 0 spiro atoms. The van der Waals surface area contributed by atoms with E-state index in [1.807, 2.05) is 0 Å². The molecule has 0 heterocycles. The van der Waals surface area contributed by atoms with Crippen molar-refractivity contribution in [2.24, 2.45) is 0 Å². The minimum atomic E-state index is -1.19. The van der Waals surface area contributed by atoms with Gasteiger partial charge in [-0.25, -0.2) is 0 Å². The number of hydrogen-bond acceptors (Lipinski definition) is 0. The second-order valence-electron chi connectivity index (χ2n) is 15.2. The van der Waals surface area contributed by atoms with Crippen molar-refractivity contribution in [3.8, 4) is 0 Å². The Kier molecular flexibility index (Phi) is 9.56. The summed E-state index contributed by atoms with van der Waals surface area (Å²) in [6, 6.07) is 0. The van der Waals surface area contributed by atoms with E-state index in [1.165, 1.54) is 15.6 Å². The van der Waals surface area contributed by atoms with Crippen LogP contribution in [0.1, 0.15) is 0 Å². The maximum atomic E-state index is 2.81. The van der Waals surface area contributed by atoms with Gasteiger partial charge in [0.15, 0.2) is 0 Å². The second-order valence-corrected chi connectivity index (χ2v) is 115. The van der Waals surface area contributed by atoms with E-state index in [4.69, 9.17) is 0 Å². The van der Waals surface area contributed by atoms with Crippen LogP contribution in [-0.2, 0) is 0 Å². The molecule has 2 unspecified atom stereocenters. The largest absolute Gasteiger partial charge is 0.123 e. The molecule has 0 N–H and O–H groups in total. The minimum absolute atomic E-state index is 1.13. The minimum Gasteiger partial charge on any atom is -0.123 e. The van der Waals surface area contributed by atoms with Crippen LogP contribution in [0, 0.1) is 0 Å². The fraction of sp³-hybridized carbons (Fsp3) is 1.00. The standard InChI is InChI=1S/C18H56P2Si8/c1-21(2,3)27(22(4,5)6,23(7,8)9)19-20-28(24(10,11)12,25(13,14)15)26(16,17)18/h19-20H,1-18H3. The van der Waals surface area contributed by atoms with E-state index >= 15 is 0 Å². The fourth-order valence-electron chi connectivity index (χ4n) is 8.06. The Morgan fingerprint density at radius 2 is 0.357 bits per heavy atom. The van der Waals surface area contributed by atoms with E-state index in [0.717, 1.165) is 0 Å². The molecule has 0 saturated carbocycles. The topological polar surface area (TPSA) is 0 Å². The van der Waals surface area contributed by atoms with Gasteiger partial charge in [0.1, 0.15) is 0 Å². The Morgan fingerprint density at radius 1 is 0.250 bits per heavy atom. The SMILES string of the molecule is C[Si](C)(C)[Si](PP[Si]([Si](C)(C)C)([Si](C)(C)C)[Si](C)(C)C)([Si](C)(C)C)[Si](C)(C)C. The zero-order valence-electron chi connectivity index (χ0n) is 23.0. The predicted molar refractivity (Wildman–Crippen MR) is 168 cm³/mol. The molecule has 0 aromatic carbocycles. The molecular formula is C18H56P2Si8. The summed E-state index contributed by atoms with van der Waals surface area (Å²) in [5.74, 6) is 0. The Bertz CT molecular complexity index is 415. The molecule has 2 atom stereocenters. The van der Waals surface area contributed by atoms with Crippen LogP contribution in [0.15, 0.2) is 0 Å². The van der Waals surface area contributed by atoms with Crippen molar-refractivity contribution in [1.29, 1.82) is 0 Å². The molecule has 170 valence electrons. The second kappa shape index (κ2) is 8.75. The Balaban J connectivity index is 6.89. The van der Waals surface area contributed by atoms with E-state index in [2.05, 4.69) is 118 Å². The molecule has 0 aliphatic carbocycles. The molecule has 0 aliphatic heterocycles. The third-order valence-corrected chi connectivity index (χ3v) is 218. The van der Waals surface area contributed by atoms with Gasteiger partial charge in [0.25, 0.3) is 0 Å². The van der Waals surface area contributed by atoms with E-state index in [1.54, 1.807) is 0 Å². The summed E-state index contributed by atoms with van der Waals surface area (Å²) in [5, 5.41) is 0. The van der Waals surface area contributed by atoms with Crippen LogP contribution in [-0.4, -0.2) is 58.1 Å². The molecule has 0 amide bonds. The normalized spacial score (nSPS) is 17.4. The van der Waals surface area contributed by atoms with Gasteiger partial charge in [0, 0.05) is 45.5 Å². The average molecular weight is 559 g/mol. The Morgan fingerprint density at radius 3 is 0.429 bits per heavy atom. The van der Waals surface area contributed by atoms with Gasteiger partial charge in [0.05, 0.1) is 12.6 Å². The lowest BCUT2D eigenvalue weighted by molar-refractivity contribution is 1.76. The van der Waals surface area contributed by atoms with Gasteiger partial charge in [-0.1, -0.05) is 118 Å². The lowest BCUT2D eigenvalue weighted by Crippen LogP contribution is -2.82. The average Bonchev–Trinajstić information content (AvgIpc) is 2.23. The summed E-state index contributed by atoms with van der Waals surface area (Å²) in [4.78, 5) is 0. The highest BCUT2D eigenvalue weighted by Gasteiger charge is 2.66. The molecule has 0 bridgehead atoms. The first-order chi connectivity index (χ1) is 11.7. The van der Waals surface area contributed by atoms with E-state index < -0.39 is 58.1 Å². The van der Waals surface area contributed by atoms with Gasteiger partial charge in [-0.2, -0.15) is 0 Å². The van der Waals surface area contributed by atoms with Crippen molar-refractivity contribution in [2.75, 3.05) is 0 Å². The van der Waals surface area contributed by atoms with Crippen molar-refractivity contribution < 1.29 is 0 Å². The summed E-state index contributed by atoms with van der Waals surface area (Å²) < 4.78 is 0. The van der Waals surface area contributed by atoms with Gasteiger partial charge in [0.2, 0.25) is 0 Å². The van der Waals surface area contributed by atoms with Crippen molar-refractivity contribution >= 4 is 73.8 Å². The van der Waals surface area contributed by atoms with Crippen LogP contribution < -0.4 is 0 Å². The monoisotopic (exact) mass is 558 g/mol. The summed E-state index contributed by atoms with van der Waals surface area (Å²) in [5.41, 5.74) is 0. The zero-order chi connectivity index (χ0) is 23.4. The van der Waals surface area contributed by atoms with Gasteiger partial charge >= 0.3 is 0 Å². The highest BCUT2D eigenvalue weighted by atomic mass is 32.3. The first-order valence-corrected chi connectivity index (χ1v) is 47.2. The lowest BCUT2D eigenvalue weighted by atomic mass is 11.8. The first-order valence-electron chi connectivity index (χ1n) is 11.2. The van der Waals surface area contributed by atoms with Gasteiger partial charge in [-0.15, -0.1) is 15.6 Å². The van der Waals surface area contributed by atoms with Crippen LogP contribution in [0.4, 0.5) is 0 Å². The molecule has 0 aliphatic rings. The number of hydrogen-bond donors (Lipinski definition) is 0. The molecule has 10 heteroatoms. The molecular weight excluding hydrogens is 503 g/mol. The van der Waals surface area contributed by atoms with Crippen LogP contribution in [0.3, 0.4) is 0 Å². The zero-order valence-corrected chi connectivity index (χ0v) is 33.0. The molecule has 28 heavy (non-hydrogen) atoms. The quantitative estimate of drug-likeness (QED) is 0.196. The predicted octanol–water partition coefficient (Wildman–Crippen LogP) is 8.65. The third kappa shape index (κ3) is 5.38.